The molecule has 4 rings (SSSR count). The average molecular weight is 349 g/mol. The molecule has 26 heavy (non-hydrogen) atoms. The van der Waals surface area contributed by atoms with E-state index in [1.54, 1.807) is 12.1 Å². The number of amides is 2. The Balaban J connectivity index is 1.58. The van der Waals surface area contributed by atoms with Crippen molar-refractivity contribution in [2.75, 3.05) is 0 Å². The number of aromatic nitrogens is 1. The number of para-hydroxylation sites is 1. The first-order valence-electron chi connectivity index (χ1n) is 8.38. The second-order valence-electron chi connectivity index (χ2n) is 6.27. The van der Waals surface area contributed by atoms with Crippen LogP contribution in [0.15, 0.2) is 54.6 Å². The lowest BCUT2D eigenvalue weighted by molar-refractivity contribution is 0.0845. The highest BCUT2D eigenvalue weighted by molar-refractivity contribution is 6.07. The maximum Gasteiger partial charge on any atom is 0.272 e. The third-order valence-corrected chi connectivity index (χ3v) is 4.38. The number of nitrogens with zero attached hydrogens (tertiary/aromatic N) is 1. The van der Waals surface area contributed by atoms with Crippen LogP contribution in [0.4, 0.5) is 4.39 Å². The highest BCUT2D eigenvalue weighted by Crippen LogP contribution is 2.40. The molecule has 0 atom stereocenters. The molecular weight excluding hydrogens is 333 g/mol. The monoisotopic (exact) mass is 349 g/mol. The molecule has 0 aliphatic heterocycles. The van der Waals surface area contributed by atoms with Gasteiger partial charge in [-0.15, -0.1) is 0 Å². The van der Waals surface area contributed by atoms with E-state index in [-0.39, 0.29) is 5.56 Å². The van der Waals surface area contributed by atoms with E-state index in [9.17, 15) is 14.0 Å². The average Bonchev–Trinajstić information content (AvgIpc) is 3.50. The van der Waals surface area contributed by atoms with Gasteiger partial charge in [0.2, 0.25) is 0 Å². The van der Waals surface area contributed by atoms with Gasteiger partial charge in [-0.25, -0.2) is 4.39 Å². The number of rotatable bonds is 3. The van der Waals surface area contributed by atoms with E-state index in [0.29, 0.717) is 16.9 Å². The lowest BCUT2D eigenvalue weighted by atomic mass is 10.1. The Morgan fingerprint density at radius 1 is 0.923 bits per heavy atom. The van der Waals surface area contributed by atoms with Crippen LogP contribution in [0.1, 0.15) is 45.2 Å². The number of hydrazine groups is 1. The van der Waals surface area contributed by atoms with E-state index in [4.69, 9.17) is 0 Å². The standard InChI is InChI=1S/C20H16FN3O2/c21-16-7-3-1-6-14(16)19(25)23-24-20(26)15-11-18(12-9-10-12)22-17-8-4-2-5-13(15)17/h1-8,11-12H,9-10H2,(H,23,25)(H,24,26). The minimum Gasteiger partial charge on any atom is -0.267 e. The summed E-state index contributed by atoms with van der Waals surface area (Å²) in [4.78, 5) is 29.3. The van der Waals surface area contributed by atoms with Crippen molar-refractivity contribution in [1.29, 1.82) is 0 Å². The Hall–Kier alpha value is -3.28. The smallest absolute Gasteiger partial charge is 0.267 e. The van der Waals surface area contributed by atoms with Gasteiger partial charge in [0.1, 0.15) is 5.82 Å². The molecule has 0 saturated heterocycles. The zero-order valence-electron chi connectivity index (χ0n) is 13.8. The van der Waals surface area contributed by atoms with Crippen LogP contribution < -0.4 is 10.9 Å². The second-order valence-corrected chi connectivity index (χ2v) is 6.27. The van der Waals surface area contributed by atoms with Crippen LogP contribution in [0.5, 0.6) is 0 Å². The highest BCUT2D eigenvalue weighted by Gasteiger charge is 2.27. The number of carbonyl (C=O) groups is 2. The number of hydrogen-bond donors (Lipinski definition) is 2. The van der Waals surface area contributed by atoms with E-state index in [1.807, 2.05) is 24.3 Å². The summed E-state index contributed by atoms with van der Waals surface area (Å²) in [5, 5.41) is 0.703. The van der Waals surface area contributed by atoms with Gasteiger partial charge in [0.05, 0.1) is 16.6 Å². The van der Waals surface area contributed by atoms with Gasteiger partial charge in [0.15, 0.2) is 0 Å². The molecule has 1 fully saturated rings. The Bertz CT molecular complexity index is 1010. The fourth-order valence-corrected chi connectivity index (χ4v) is 2.87. The van der Waals surface area contributed by atoms with E-state index in [1.165, 1.54) is 18.2 Å². The Kier molecular flexibility index (Phi) is 4.08. The van der Waals surface area contributed by atoms with E-state index in [2.05, 4.69) is 15.8 Å². The number of fused-ring (bicyclic) bond motifs is 1. The third kappa shape index (κ3) is 3.13. The third-order valence-electron chi connectivity index (χ3n) is 4.38. The van der Waals surface area contributed by atoms with Gasteiger partial charge in [-0.3, -0.25) is 25.4 Å². The Morgan fingerprint density at radius 2 is 1.58 bits per heavy atom. The van der Waals surface area contributed by atoms with Crippen molar-refractivity contribution in [3.05, 3.63) is 77.2 Å². The second kappa shape index (κ2) is 6.55. The SMILES string of the molecule is O=C(NNC(=O)c1cc(C2CC2)nc2ccccc12)c1ccccc1F. The molecule has 0 bridgehead atoms. The zero-order chi connectivity index (χ0) is 18.1. The maximum atomic E-state index is 13.7. The number of pyridine rings is 1. The number of carbonyl (C=O) groups excluding carboxylic acids is 2. The largest absolute Gasteiger partial charge is 0.272 e. The lowest BCUT2D eigenvalue weighted by Gasteiger charge is -2.11. The first-order valence-corrected chi connectivity index (χ1v) is 8.38. The van der Waals surface area contributed by atoms with Crippen molar-refractivity contribution in [3.8, 4) is 0 Å². The normalized spacial score (nSPS) is 13.4. The molecule has 1 saturated carbocycles. The van der Waals surface area contributed by atoms with Crippen LogP contribution in [-0.4, -0.2) is 16.8 Å². The Labute approximate surface area is 149 Å². The predicted molar refractivity (Wildman–Crippen MR) is 95.1 cm³/mol. The number of halogens is 1. The van der Waals surface area contributed by atoms with Gasteiger partial charge >= 0.3 is 0 Å². The van der Waals surface area contributed by atoms with E-state index >= 15 is 0 Å². The summed E-state index contributed by atoms with van der Waals surface area (Å²) in [7, 11) is 0. The number of hydrogen-bond acceptors (Lipinski definition) is 3. The summed E-state index contributed by atoms with van der Waals surface area (Å²) in [6.07, 6.45) is 2.13. The van der Waals surface area contributed by atoms with Crippen molar-refractivity contribution < 1.29 is 14.0 Å². The molecule has 1 aliphatic rings. The molecule has 3 aromatic rings. The zero-order valence-corrected chi connectivity index (χ0v) is 13.8. The van der Waals surface area contributed by atoms with Crippen LogP contribution >= 0.6 is 0 Å². The fourth-order valence-electron chi connectivity index (χ4n) is 2.87. The molecule has 2 N–H and O–H groups in total. The molecule has 130 valence electrons. The molecule has 2 amide bonds. The summed E-state index contributed by atoms with van der Waals surface area (Å²) in [6.45, 7) is 0. The van der Waals surface area contributed by atoms with Gasteiger partial charge in [-0.2, -0.15) is 0 Å². The maximum absolute atomic E-state index is 13.7. The van der Waals surface area contributed by atoms with Crippen molar-refractivity contribution in [2.45, 2.75) is 18.8 Å². The minimum atomic E-state index is -0.711. The van der Waals surface area contributed by atoms with E-state index in [0.717, 1.165) is 24.1 Å². The summed E-state index contributed by atoms with van der Waals surface area (Å²) >= 11 is 0. The quantitative estimate of drug-likeness (QED) is 0.713. The summed E-state index contributed by atoms with van der Waals surface area (Å²) < 4.78 is 13.7. The first-order chi connectivity index (χ1) is 12.6. The molecule has 5 nitrogen and oxygen atoms in total. The Morgan fingerprint density at radius 3 is 2.31 bits per heavy atom. The summed E-state index contributed by atoms with van der Waals surface area (Å²) in [5.74, 6) is -1.43. The van der Waals surface area contributed by atoms with Gasteiger partial charge in [-0.05, 0) is 37.1 Å². The predicted octanol–water partition coefficient (Wildman–Crippen LogP) is 3.33. The summed E-state index contributed by atoms with van der Waals surface area (Å²) in [5.41, 5.74) is 6.56. The van der Waals surface area contributed by atoms with Crippen molar-refractivity contribution in [3.63, 3.8) is 0 Å². The molecule has 6 heteroatoms. The molecule has 0 radical (unpaired) electrons. The van der Waals surface area contributed by atoms with Gasteiger partial charge in [0.25, 0.3) is 11.8 Å². The van der Waals surface area contributed by atoms with Crippen molar-refractivity contribution >= 4 is 22.7 Å². The van der Waals surface area contributed by atoms with Crippen LogP contribution in [-0.2, 0) is 0 Å². The van der Waals surface area contributed by atoms with Crippen LogP contribution in [0, 0.1) is 5.82 Å². The minimum absolute atomic E-state index is 0.133. The van der Waals surface area contributed by atoms with Crippen molar-refractivity contribution in [1.82, 2.24) is 15.8 Å². The molecule has 1 aliphatic carbocycles. The fraction of sp³-hybridized carbons (Fsp3) is 0.150. The van der Waals surface area contributed by atoms with Gasteiger partial charge in [0, 0.05) is 17.0 Å². The van der Waals surface area contributed by atoms with Crippen LogP contribution in [0.3, 0.4) is 0 Å². The topological polar surface area (TPSA) is 71.1 Å². The number of nitrogens with one attached hydrogen (secondary N) is 2. The molecule has 1 heterocycles. The molecular formula is C20H16FN3O2. The van der Waals surface area contributed by atoms with Gasteiger partial charge < -0.3 is 0 Å². The number of benzene rings is 2. The molecule has 0 spiro atoms. The van der Waals surface area contributed by atoms with Crippen molar-refractivity contribution in [2.24, 2.45) is 0 Å². The highest BCUT2D eigenvalue weighted by atomic mass is 19.1. The van der Waals surface area contributed by atoms with Gasteiger partial charge in [-0.1, -0.05) is 30.3 Å². The summed E-state index contributed by atoms with van der Waals surface area (Å²) in [6, 6.07) is 14.7. The molecule has 0 unspecified atom stereocenters. The van der Waals surface area contributed by atoms with Crippen LogP contribution in [0.2, 0.25) is 0 Å². The molecule has 2 aromatic carbocycles. The molecule has 1 aromatic heterocycles. The first kappa shape index (κ1) is 16.2. The van der Waals surface area contributed by atoms with E-state index < -0.39 is 17.6 Å². The lowest BCUT2D eigenvalue weighted by Crippen LogP contribution is -2.42. The van der Waals surface area contributed by atoms with Crippen LogP contribution in [0.25, 0.3) is 10.9 Å².